The summed E-state index contributed by atoms with van der Waals surface area (Å²) in [4.78, 5) is 0. The molecule has 0 fully saturated rings. The molecule has 0 radical (unpaired) electrons. The Balaban J connectivity index is 2.64. The number of hydrogen-bond acceptors (Lipinski definition) is 1. The fraction of sp³-hybridized carbons (Fsp3) is 0.200. The van der Waals surface area contributed by atoms with E-state index < -0.39 is 0 Å². The van der Waals surface area contributed by atoms with Crippen molar-refractivity contribution >= 4 is 0 Å². The Hall–Kier alpha value is -1.76. The van der Waals surface area contributed by atoms with Crippen LogP contribution in [-0.2, 0) is 0 Å². The molecule has 82 valence electrons. The molecule has 0 unspecified atom stereocenters. The summed E-state index contributed by atoms with van der Waals surface area (Å²) in [5.74, 6) is 0.764. The minimum absolute atomic E-state index is 0.359. The summed E-state index contributed by atoms with van der Waals surface area (Å²) >= 11 is 0. The van der Waals surface area contributed by atoms with E-state index in [9.17, 15) is 5.11 Å². The van der Waals surface area contributed by atoms with Crippen LogP contribution in [0.4, 0.5) is 0 Å². The number of aromatic hydroxyl groups is 1. The van der Waals surface area contributed by atoms with Crippen LogP contribution in [0.1, 0.15) is 25.3 Å². The van der Waals surface area contributed by atoms with Crippen LogP contribution in [-0.4, -0.2) is 5.11 Å². The van der Waals surface area contributed by atoms with Gasteiger partial charge in [0.25, 0.3) is 0 Å². The van der Waals surface area contributed by atoms with Gasteiger partial charge in [-0.1, -0.05) is 56.3 Å². The summed E-state index contributed by atoms with van der Waals surface area (Å²) in [6.45, 7) is 4.28. The molecule has 0 aliphatic heterocycles. The van der Waals surface area contributed by atoms with Gasteiger partial charge in [0.05, 0.1) is 0 Å². The predicted octanol–water partition coefficient (Wildman–Crippen LogP) is 4.18. The second kappa shape index (κ2) is 4.40. The summed E-state index contributed by atoms with van der Waals surface area (Å²) in [6.07, 6.45) is 0. The molecule has 1 N–H and O–H groups in total. The minimum atomic E-state index is 0.359. The molecular weight excluding hydrogens is 196 g/mol. The molecule has 2 aromatic carbocycles. The zero-order chi connectivity index (χ0) is 11.5. The second-order valence-corrected chi connectivity index (χ2v) is 4.26. The van der Waals surface area contributed by atoms with Crippen molar-refractivity contribution in [1.29, 1.82) is 0 Å². The average Bonchev–Trinajstić information content (AvgIpc) is 2.29. The van der Waals surface area contributed by atoms with Gasteiger partial charge in [-0.25, -0.2) is 0 Å². The van der Waals surface area contributed by atoms with Crippen LogP contribution >= 0.6 is 0 Å². The van der Waals surface area contributed by atoms with Gasteiger partial charge in [-0.15, -0.1) is 0 Å². The third kappa shape index (κ3) is 1.94. The molecule has 0 aliphatic carbocycles. The van der Waals surface area contributed by atoms with E-state index in [4.69, 9.17) is 0 Å². The lowest BCUT2D eigenvalue weighted by molar-refractivity contribution is 0.476. The topological polar surface area (TPSA) is 20.2 Å². The first kappa shape index (κ1) is 10.7. The van der Waals surface area contributed by atoms with Crippen LogP contribution in [0, 0.1) is 0 Å². The second-order valence-electron chi connectivity index (χ2n) is 4.26. The Morgan fingerprint density at radius 3 is 2.19 bits per heavy atom. The van der Waals surface area contributed by atoms with E-state index in [1.54, 1.807) is 6.07 Å². The first-order valence-electron chi connectivity index (χ1n) is 5.57. The highest BCUT2D eigenvalue weighted by Crippen LogP contribution is 2.35. The lowest BCUT2D eigenvalue weighted by Gasteiger charge is -2.14. The number of rotatable bonds is 2. The number of phenols is 1. The molecular formula is C15H16O. The van der Waals surface area contributed by atoms with E-state index >= 15 is 0 Å². The fourth-order valence-electron chi connectivity index (χ4n) is 1.96. The summed E-state index contributed by atoms with van der Waals surface area (Å²) < 4.78 is 0. The van der Waals surface area contributed by atoms with Crippen LogP contribution < -0.4 is 0 Å². The van der Waals surface area contributed by atoms with Crippen molar-refractivity contribution in [3.8, 4) is 16.9 Å². The van der Waals surface area contributed by atoms with Crippen molar-refractivity contribution in [3.05, 3.63) is 54.1 Å². The lowest BCUT2D eigenvalue weighted by Crippen LogP contribution is -1.92. The highest BCUT2D eigenvalue weighted by Gasteiger charge is 2.11. The van der Waals surface area contributed by atoms with Gasteiger partial charge in [0.15, 0.2) is 0 Å². The number of hydrogen-bond donors (Lipinski definition) is 1. The predicted molar refractivity (Wildman–Crippen MR) is 67.6 cm³/mol. The molecule has 16 heavy (non-hydrogen) atoms. The molecule has 2 aromatic rings. The van der Waals surface area contributed by atoms with Crippen molar-refractivity contribution in [2.45, 2.75) is 19.8 Å². The molecule has 0 bridgehead atoms. The molecule has 1 nitrogen and oxygen atoms in total. The van der Waals surface area contributed by atoms with Crippen molar-refractivity contribution in [2.75, 3.05) is 0 Å². The standard InChI is InChI=1S/C15H16O/c1-11(2)13-9-6-10-14(16)15(13)12-7-4-3-5-8-12/h3-11,16H,1-2H3. The molecule has 2 rings (SSSR count). The Morgan fingerprint density at radius 1 is 0.875 bits per heavy atom. The van der Waals surface area contributed by atoms with E-state index in [0.717, 1.165) is 11.1 Å². The largest absolute Gasteiger partial charge is 0.507 e. The molecule has 0 spiro atoms. The molecule has 0 aliphatic rings. The fourth-order valence-corrected chi connectivity index (χ4v) is 1.96. The highest BCUT2D eigenvalue weighted by molar-refractivity contribution is 5.74. The summed E-state index contributed by atoms with van der Waals surface area (Å²) in [6, 6.07) is 15.7. The Morgan fingerprint density at radius 2 is 1.56 bits per heavy atom. The molecule has 1 heteroatoms. The van der Waals surface area contributed by atoms with Crippen LogP contribution in [0.5, 0.6) is 5.75 Å². The maximum absolute atomic E-state index is 9.99. The summed E-state index contributed by atoms with van der Waals surface area (Å²) in [5, 5.41) is 9.99. The van der Waals surface area contributed by atoms with Gasteiger partial charge < -0.3 is 5.11 Å². The Bertz CT molecular complexity index is 472. The van der Waals surface area contributed by atoms with Gasteiger partial charge in [0, 0.05) is 5.56 Å². The first-order valence-corrected chi connectivity index (χ1v) is 5.57. The molecule has 0 saturated carbocycles. The third-order valence-corrected chi connectivity index (χ3v) is 2.76. The molecule has 0 atom stereocenters. The van der Waals surface area contributed by atoms with Gasteiger partial charge in [-0.3, -0.25) is 0 Å². The van der Waals surface area contributed by atoms with Gasteiger partial charge in [0.2, 0.25) is 0 Å². The Kier molecular flexibility index (Phi) is 2.95. The van der Waals surface area contributed by atoms with E-state index in [-0.39, 0.29) is 0 Å². The SMILES string of the molecule is CC(C)c1cccc(O)c1-c1ccccc1. The van der Waals surface area contributed by atoms with E-state index in [0.29, 0.717) is 11.7 Å². The van der Waals surface area contributed by atoms with Crippen molar-refractivity contribution in [1.82, 2.24) is 0 Å². The minimum Gasteiger partial charge on any atom is -0.507 e. The molecule has 0 heterocycles. The van der Waals surface area contributed by atoms with Crippen LogP contribution in [0.2, 0.25) is 0 Å². The van der Waals surface area contributed by atoms with Gasteiger partial charge in [0.1, 0.15) is 5.75 Å². The quantitative estimate of drug-likeness (QED) is 0.791. The van der Waals surface area contributed by atoms with Crippen molar-refractivity contribution in [3.63, 3.8) is 0 Å². The molecule has 0 aromatic heterocycles. The Labute approximate surface area is 96.4 Å². The van der Waals surface area contributed by atoms with Gasteiger partial charge >= 0.3 is 0 Å². The third-order valence-electron chi connectivity index (χ3n) is 2.76. The summed E-state index contributed by atoms with van der Waals surface area (Å²) in [7, 11) is 0. The van der Waals surface area contributed by atoms with E-state index in [1.807, 2.05) is 36.4 Å². The highest BCUT2D eigenvalue weighted by atomic mass is 16.3. The number of phenolic OH excluding ortho intramolecular Hbond substituents is 1. The van der Waals surface area contributed by atoms with E-state index in [2.05, 4.69) is 19.9 Å². The monoisotopic (exact) mass is 212 g/mol. The smallest absolute Gasteiger partial charge is 0.123 e. The van der Waals surface area contributed by atoms with Crippen molar-refractivity contribution < 1.29 is 5.11 Å². The zero-order valence-electron chi connectivity index (χ0n) is 9.64. The van der Waals surface area contributed by atoms with Crippen molar-refractivity contribution in [2.24, 2.45) is 0 Å². The average molecular weight is 212 g/mol. The van der Waals surface area contributed by atoms with Gasteiger partial charge in [-0.2, -0.15) is 0 Å². The van der Waals surface area contributed by atoms with Crippen LogP contribution in [0.25, 0.3) is 11.1 Å². The zero-order valence-corrected chi connectivity index (χ0v) is 9.64. The van der Waals surface area contributed by atoms with E-state index in [1.165, 1.54) is 5.56 Å². The van der Waals surface area contributed by atoms with Gasteiger partial charge in [-0.05, 0) is 23.1 Å². The van der Waals surface area contributed by atoms with Crippen LogP contribution in [0.15, 0.2) is 48.5 Å². The van der Waals surface area contributed by atoms with Crippen LogP contribution in [0.3, 0.4) is 0 Å². The first-order chi connectivity index (χ1) is 7.70. The molecule has 0 saturated heterocycles. The summed E-state index contributed by atoms with van der Waals surface area (Å²) in [5.41, 5.74) is 3.22. The normalized spacial score (nSPS) is 10.7. The molecule has 0 amide bonds. The maximum atomic E-state index is 9.99. The number of benzene rings is 2. The lowest BCUT2D eigenvalue weighted by atomic mass is 9.92. The maximum Gasteiger partial charge on any atom is 0.123 e.